The molecule has 0 unspecified atom stereocenters. The van der Waals surface area contributed by atoms with Crippen molar-refractivity contribution in [1.29, 1.82) is 0 Å². The number of fused-ring (bicyclic) bond motifs is 3. The molecule has 4 aliphatic rings. The van der Waals surface area contributed by atoms with Crippen molar-refractivity contribution in [2.75, 3.05) is 51.0 Å². The highest BCUT2D eigenvalue weighted by Gasteiger charge is 2.47. The van der Waals surface area contributed by atoms with Crippen molar-refractivity contribution in [2.45, 2.75) is 44.2 Å². The van der Waals surface area contributed by atoms with Gasteiger partial charge >= 0.3 is 0 Å². The molecule has 5 atom stereocenters. The number of allylic oxidation sites excluding steroid dienone is 1. The molecule has 0 spiro atoms. The minimum absolute atomic E-state index is 0.131. The van der Waals surface area contributed by atoms with Crippen LogP contribution in [0.3, 0.4) is 0 Å². The molecule has 1 aliphatic heterocycles. The van der Waals surface area contributed by atoms with E-state index in [1.807, 2.05) is 0 Å². The Morgan fingerprint density at radius 1 is 1.10 bits per heavy atom. The summed E-state index contributed by atoms with van der Waals surface area (Å²) in [6.07, 6.45) is 11.2. The predicted molar refractivity (Wildman–Crippen MR) is 154 cm³/mol. The van der Waals surface area contributed by atoms with Crippen LogP contribution in [0.15, 0.2) is 30.5 Å². The van der Waals surface area contributed by atoms with E-state index in [0.717, 1.165) is 63.3 Å². The van der Waals surface area contributed by atoms with Gasteiger partial charge in [0.05, 0.1) is 24.9 Å². The van der Waals surface area contributed by atoms with Gasteiger partial charge in [0.2, 0.25) is 11.9 Å². The lowest BCUT2D eigenvalue weighted by Gasteiger charge is -2.37. The van der Waals surface area contributed by atoms with Crippen LogP contribution in [0.25, 0.3) is 0 Å². The van der Waals surface area contributed by atoms with Crippen LogP contribution in [0.5, 0.6) is 5.75 Å². The highest BCUT2D eigenvalue weighted by Crippen LogP contribution is 2.45. The molecule has 1 aromatic heterocycles. The number of hydrogen-bond acceptors (Lipinski definition) is 8. The SMILES string of the molecule is COc1cc2c(cc1Nc1ncc(Cl)c(N[C@H]3[C@@H](C(N)=O)[C@@H]4C=C[C@H]3C4)n1)CC[C@H](N1CCN(C)CC1)CC2. The average molecular weight is 552 g/mol. The molecule has 1 saturated carbocycles. The van der Waals surface area contributed by atoms with E-state index in [0.29, 0.717) is 22.8 Å². The number of aromatic nitrogens is 2. The molecule has 6 rings (SSSR count). The molecular weight excluding hydrogens is 514 g/mol. The Morgan fingerprint density at radius 2 is 1.82 bits per heavy atom. The fraction of sp³-hybridized carbons (Fsp3) is 0.552. The number of anilines is 3. The van der Waals surface area contributed by atoms with Gasteiger partial charge in [-0.3, -0.25) is 9.69 Å². The number of primary amides is 1. The van der Waals surface area contributed by atoms with Crippen molar-refractivity contribution in [2.24, 2.45) is 23.5 Å². The van der Waals surface area contributed by atoms with E-state index in [9.17, 15) is 4.79 Å². The first-order valence-electron chi connectivity index (χ1n) is 14.1. The van der Waals surface area contributed by atoms with E-state index in [2.05, 4.69) is 61.7 Å². The Balaban J connectivity index is 1.19. The number of rotatable bonds is 7. The molecule has 9 nitrogen and oxygen atoms in total. The maximum Gasteiger partial charge on any atom is 0.229 e. The third-order valence-corrected chi connectivity index (χ3v) is 9.43. The Morgan fingerprint density at radius 3 is 2.54 bits per heavy atom. The largest absolute Gasteiger partial charge is 0.495 e. The van der Waals surface area contributed by atoms with Gasteiger partial charge in [0.25, 0.3) is 0 Å². The molecule has 10 heteroatoms. The van der Waals surface area contributed by atoms with Crippen LogP contribution in [-0.2, 0) is 17.6 Å². The number of amides is 1. The maximum absolute atomic E-state index is 12.2. The highest BCUT2D eigenvalue weighted by atomic mass is 35.5. The highest BCUT2D eigenvalue weighted by molar-refractivity contribution is 6.32. The van der Waals surface area contributed by atoms with E-state index < -0.39 is 0 Å². The van der Waals surface area contributed by atoms with Crippen molar-refractivity contribution in [1.82, 2.24) is 19.8 Å². The monoisotopic (exact) mass is 551 g/mol. The van der Waals surface area contributed by atoms with E-state index in [1.54, 1.807) is 13.3 Å². The van der Waals surface area contributed by atoms with Crippen LogP contribution >= 0.6 is 11.6 Å². The van der Waals surface area contributed by atoms with Crippen molar-refractivity contribution in [3.63, 3.8) is 0 Å². The smallest absolute Gasteiger partial charge is 0.229 e. The van der Waals surface area contributed by atoms with Crippen LogP contribution in [0.1, 0.15) is 30.4 Å². The van der Waals surface area contributed by atoms with Gasteiger partial charge in [0, 0.05) is 38.3 Å². The molecule has 1 saturated heterocycles. The normalized spacial score (nSPS) is 28.6. The Labute approximate surface area is 235 Å². The van der Waals surface area contributed by atoms with Gasteiger partial charge in [0.1, 0.15) is 10.8 Å². The van der Waals surface area contributed by atoms with E-state index >= 15 is 0 Å². The minimum Gasteiger partial charge on any atom is -0.495 e. The van der Waals surface area contributed by atoms with Crippen LogP contribution in [0, 0.1) is 17.8 Å². The summed E-state index contributed by atoms with van der Waals surface area (Å²) >= 11 is 6.48. The zero-order valence-electron chi connectivity index (χ0n) is 22.7. The number of ether oxygens (including phenoxy) is 1. The number of nitrogens with two attached hydrogens (primary N) is 1. The van der Waals surface area contributed by atoms with Crippen LogP contribution in [0.2, 0.25) is 5.02 Å². The lowest BCUT2D eigenvalue weighted by Crippen LogP contribution is -2.49. The van der Waals surface area contributed by atoms with Crippen molar-refractivity contribution < 1.29 is 9.53 Å². The summed E-state index contributed by atoms with van der Waals surface area (Å²) in [5, 5.41) is 7.18. The predicted octanol–water partition coefficient (Wildman–Crippen LogP) is 3.46. The number of piperazine rings is 1. The Kier molecular flexibility index (Phi) is 7.39. The first kappa shape index (κ1) is 26.3. The second kappa shape index (κ2) is 10.9. The van der Waals surface area contributed by atoms with Crippen molar-refractivity contribution in [3.05, 3.63) is 46.6 Å². The first-order chi connectivity index (χ1) is 18.9. The molecule has 1 aromatic carbocycles. The molecule has 1 amide bonds. The summed E-state index contributed by atoms with van der Waals surface area (Å²) in [4.78, 5) is 26.4. The number of hydrogen-bond donors (Lipinski definition) is 3. The number of nitrogens with one attached hydrogen (secondary N) is 2. The van der Waals surface area contributed by atoms with Gasteiger partial charge in [-0.15, -0.1) is 0 Å². The van der Waals surface area contributed by atoms with Crippen LogP contribution in [-0.4, -0.2) is 78.1 Å². The molecule has 2 bridgehead atoms. The van der Waals surface area contributed by atoms with Crippen LogP contribution in [0.4, 0.5) is 17.5 Å². The summed E-state index contributed by atoms with van der Waals surface area (Å²) in [6, 6.07) is 4.84. The summed E-state index contributed by atoms with van der Waals surface area (Å²) in [6.45, 7) is 4.59. The first-order valence-corrected chi connectivity index (χ1v) is 14.4. The number of aryl methyl sites for hydroxylation is 2. The molecule has 0 radical (unpaired) electrons. The number of likely N-dealkylation sites (N-methyl/N-ethyl adjacent to an activating group) is 1. The topological polar surface area (TPSA) is 109 Å². The van der Waals surface area contributed by atoms with Gasteiger partial charge in [0.15, 0.2) is 5.82 Å². The van der Waals surface area contributed by atoms with E-state index in [-0.39, 0.29) is 29.7 Å². The molecule has 39 heavy (non-hydrogen) atoms. The van der Waals surface area contributed by atoms with E-state index in [4.69, 9.17) is 22.1 Å². The van der Waals surface area contributed by atoms with Crippen molar-refractivity contribution >= 4 is 35.0 Å². The lowest BCUT2D eigenvalue weighted by molar-refractivity contribution is -0.122. The molecular formula is C29H38ClN7O2. The molecule has 2 heterocycles. The molecule has 4 N–H and O–H groups in total. The number of benzene rings is 1. The zero-order valence-corrected chi connectivity index (χ0v) is 23.5. The molecule has 3 aliphatic carbocycles. The number of carbonyl (C=O) groups excluding carboxylic acids is 1. The van der Waals surface area contributed by atoms with Gasteiger partial charge in [-0.05, 0) is 74.2 Å². The summed E-state index contributed by atoms with van der Waals surface area (Å²) < 4.78 is 5.78. The number of methoxy groups -OCH3 is 1. The quantitative estimate of drug-likeness (QED) is 0.355. The van der Waals surface area contributed by atoms with Gasteiger partial charge in [-0.1, -0.05) is 23.8 Å². The van der Waals surface area contributed by atoms with Crippen LogP contribution < -0.4 is 21.1 Å². The van der Waals surface area contributed by atoms with Crippen molar-refractivity contribution in [3.8, 4) is 5.75 Å². The number of nitrogens with zero attached hydrogens (tertiary/aromatic N) is 4. The van der Waals surface area contributed by atoms with E-state index in [1.165, 1.54) is 17.5 Å². The average Bonchev–Trinajstić information content (AvgIpc) is 3.47. The number of carbonyl (C=O) groups is 1. The molecule has 2 fully saturated rings. The standard InChI is InChI=1S/C29H38ClN7O2/c1-36-9-11-37(12-10-36)21-7-5-17-14-23(24(39-2)15-18(17)6-8-21)33-29-32-16-22(30)28(35-29)34-26-20-4-3-19(13-20)25(26)27(31)38/h3-4,14-16,19-21,25-26H,5-13H2,1-2H3,(H2,31,38)(H2,32,33,34,35)/t19-,20+,21+,25+,26-/m1/s1. The molecule has 208 valence electrons. The third-order valence-electron chi connectivity index (χ3n) is 9.15. The van der Waals surface area contributed by atoms with Gasteiger partial charge in [-0.2, -0.15) is 4.98 Å². The second-order valence-corrected chi connectivity index (χ2v) is 11.9. The number of halogens is 1. The summed E-state index contributed by atoms with van der Waals surface area (Å²) in [5.41, 5.74) is 9.28. The zero-order chi connectivity index (χ0) is 27.1. The second-order valence-electron chi connectivity index (χ2n) is 11.5. The molecule has 2 aromatic rings. The maximum atomic E-state index is 12.2. The van der Waals surface area contributed by atoms with Gasteiger partial charge in [-0.25, -0.2) is 4.98 Å². The van der Waals surface area contributed by atoms with Gasteiger partial charge < -0.3 is 26.0 Å². The minimum atomic E-state index is -0.294. The Hall–Kier alpha value is -2.88. The lowest BCUT2D eigenvalue weighted by atomic mass is 9.88. The Bertz CT molecular complexity index is 1260. The third kappa shape index (κ3) is 5.32. The fourth-order valence-electron chi connectivity index (χ4n) is 6.95. The summed E-state index contributed by atoms with van der Waals surface area (Å²) in [7, 11) is 3.90. The fourth-order valence-corrected chi connectivity index (χ4v) is 7.10. The summed E-state index contributed by atoms with van der Waals surface area (Å²) in [5.74, 6) is 1.51.